The van der Waals surface area contributed by atoms with Gasteiger partial charge in [0.05, 0.1) is 0 Å². The number of pyridine rings is 1. The Morgan fingerprint density at radius 1 is 1.56 bits per heavy atom. The van der Waals surface area contributed by atoms with Gasteiger partial charge < -0.3 is 14.8 Å². The average Bonchev–Trinajstić information content (AvgIpc) is 2.80. The van der Waals surface area contributed by atoms with Gasteiger partial charge in [-0.2, -0.15) is 0 Å². The van der Waals surface area contributed by atoms with Gasteiger partial charge in [0.1, 0.15) is 11.3 Å². The predicted molar refractivity (Wildman–Crippen MR) is 68.4 cm³/mol. The van der Waals surface area contributed by atoms with Crippen LogP contribution in [0.15, 0.2) is 30.6 Å². The summed E-state index contributed by atoms with van der Waals surface area (Å²) in [6.45, 7) is 2.68. The molecule has 0 aliphatic heterocycles. The van der Waals surface area contributed by atoms with Crippen LogP contribution in [-0.4, -0.2) is 33.6 Å². The molecule has 96 valence electrons. The molecule has 1 unspecified atom stereocenters. The minimum atomic E-state index is -0.177. The molecule has 5 heteroatoms. The summed E-state index contributed by atoms with van der Waals surface area (Å²) in [5.74, 6) is 0.0828. The fourth-order valence-corrected chi connectivity index (χ4v) is 1.72. The molecule has 0 aliphatic rings. The Hall–Kier alpha value is -1.88. The van der Waals surface area contributed by atoms with E-state index in [1.165, 1.54) is 0 Å². The highest BCUT2D eigenvalue weighted by Gasteiger charge is 2.11. The summed E-state index contributed by atoms with van der Waals surface area (Å²) in [7, 11) is 0. The molecule has 0 saturated carbocycles. The Bertz CT molecular complexity index is 503. The number of aliphatic hydroxyl groups excluding tert-OH is 1. The van der Waals surface area contributed by atoms with Gasteiger partial charge in [-0.1, -0.05) is 13.0 Å². The van der Waals surface area contributed by atoms with Crippen LogP contribution in [0.4, 0.5) is 0 Å². The maximum Gasteiger partial charge on any atom is 0.271 e. The van der Waals surface area contributed by atoms with Crippen LogP contribution in [-0.2, 0) is 0 Å². The first kappa shape index (κ1) is 12.6. The molecule has 2 heterocycles. The molecule has 0 saturated heterocycles. The second-order valence-electron chi connectivity index (χ2n) is 4.42. The van der Waals surface area contributed by atoms with E-state index < -0.39 is 0 Å². The van der Waals surface area contributed by atoms with E-state index >= 15 is 0 Å². The topological polar surface area (TPSA) is 66.6 Å². The first-order chi connectivity index (χ1) is 8.70. The Morgan fingerprint density at radius 3 is 3.11 bits per heavy atom. The van der Waals surface area contributed by atoms with Crippen LogP contribution < -0.4 is 5.32 Å². The van der Waals surface area contributed by atoms with Gasteiger partial charge in [-0.25, -0.2) is 4.98 Å². The molecule has 0 spiro atoms. The highest BCUT2D eigenvalue weighted by Crippen LogP contribution is 2.05. The van der Waals surface area contributed by atoms with E-state index in [4.69, 9.17) is 5.11 Å². The number of carbonyl (C=O) groups is 1. The first-order valence-corrected chi connectivity index (χ1v) is 6.03. The second-order valence-corrected chi connectivity index (χ2v) is 4.42. The van der Waals surface area contributed by atoms with Gasteiger partial charge in [-0.05, 0) is 24.5 Å². The number of hydrogen-bond acceptors (Lipinski definition) is 3. The number of amides is 1. The highest BCUT2D eigenvalue weighted by molar-refractivity contribution is 5.92. The van der Waals surface area contributed by atoms with Crippen molar-refractivity contribution in [1.29, 1.82) is 0 Å². The Labute approximate surface area is 105 Å². The zero-order chi connectivity index (χ0) is 13.0. The molecular formula is C13H17N3O2. The van der Waals surface area contributed by atoms with Crippen LogP contribution in [0.2, 0.25) is 0 Å². The van der Waals surface area contributed by atoms with Gasteiger partial charge >= 0.3 is 0 Å². The van der Waals surface area contributed by atoms with Gasteiger partial charge in [0, 0.05) is 25.5 Å². The van der Waals surface area contributed by atoms with Crippen molar-refractivity contribution in [3.8, 4) is 0 Å². The third-order valence-corrected chi connectivity index (χ3v) is 2.83. The van der Waals surface area contributed by atoms with Crippen LogP contribution in [0.3, 0.4) is 0 Å². The van der Waals surface area contributed by atoms with Crippen molar-refractivity contribution >= 4 is 11.6 Å². The molecule has 2 rings (SSSR count). The number of hydrogen-bond donors (Lipinski definition) is 2. The van der Waals surface area contributed by atoms with Gasteiger partial charge in [-0.15, -0.1) is 0 Å². The number of imidazole rings is 1. The predicted octanol–water partition coefficient (Wildman–Crippen LogP) is 1.08. The molecule has 18 heavy (non-hydrogen) atoms. The van der Waals surface area contributed by atoms with Crippen LogP contribution in [0.25, 0.3) is 5.65 Å². The molecule has 5 nitrogen and oxygen atoms in total. The zero-order valence-corrected chi connectivity index (χ0v) is 10.3. The molecule has 0 aliphatic carbocycles. The number of fused-ring (bicyclic) bond motifs is 1. The lowest BCUT2D eigenvalue weighted by Crippen LogP contribution is -2.28. The van der Waals surface area contributed by atoms with Crippen molar-refractivity contribution in [2.24, 2.45) is 5.92 Å². The highest BCUT2D eigenvalue weighted by atomic mass is 16.3. The lowest BCUT2D eigenvalue weighted by molar-refractivity contribution is 0.0941. The molecule has 2 aromatic heterocycles. The van der Waals surface area contributed by atoms with Crippen molar-refractivity contribution in [2.75, 3.05) is 13.2 Å². The van der Waals surface area contributed by atoms with Gasteiger partial charge in [-0.3, -0.25) is 4.79 Å². The summed E-state index contributed by atoms with van der Waals surface area (Å²) >= 11 is 0. The normalized spacial score (nSPS) is 12.6. The van der Waals surface area contributed by atoms with E-state index in [2.05, 4.69) is 10.3 Å². The third-order valence-electron chi connectivity index (χ3n) is 2.83. The van der Waals surface area contributed by atoms with Crippen molar-refractivity contribution in [1.82, 2.24) is 14.7 Å². The van der Waals surface area contributed by atoms with E-state index in [0.29, 0.717) is 18.7 Å². The standard InChI is InChI=1S/C13H17N3O2/c1-10(5-7-17)8-14-13(18)11-9-16-6-3-2-4-12(16)15-11/h2-4,6,9-10,17H,5,7-8H2,1H3,(H,14,18). The fourth-order valence-electron chi connectivity index (χ4n) is 1.72. The number of carbonyl (C=O) groups excluding carboxylic acids is 1. The maximum atomic E-state index is 11.9. The Kier molecular flexibility index (Phi) is 3.94. The van der Waals surface area contributed by atoms with E-state index in [1.54, 1.807) is 6.20 Å². The van der Waals surface area contributed by atoms with Crippen molar-refractivity contribution in [2.45, 2.75) is 13.3 Å². The molecule has 0 radical (unpaired) electrons. The Balaban J connectivity index is 2.00. The SMILES string of the molecule is CC(CCO)CNC(=O)c1cn2ccccc2n1. The van der Waals surface area contributed by atoms with Crippen LogP contribution >= 0.6 is 0 Å². The van der Waals surface area contributed by atoms with Gasteiger partial charge in [0.15, 0.2) is 0 Å². The van der Waals surface area contributed by atoms with Crippen LogP contribution in [0.1, 0.15) is 23.8 Å². The van der Waals surface area contributed by atoms with E-state index in [9.17, 15) is 4.79 Å². The molecule has 2 N–H and O–H groups in total. The average molecular weight is 247 g/mol. The molecule has 0 aromatic carbocycles. The van der Waals surface area contributed by atoms with E-state index in [0.717, 1.165) is 5.65 Å². The van der Waals surface area contributed by atoms with Crippen LogP contribution in [0.5, 0.6) is 0 Å². The number of rotatable bonds is 5. The number of aliphatic hydroxyl groups is 1. The summed E-state index contributed by atoms with van der Waals surface area (Å²) in [5.41, 5.74) is 1.17. The van der Waals surface area contributed by atoms with Gasteiger partial charge in [0.25, 0.3) is 5.91 Å². The van der Waals surface area contributed by atoms with Crippen molar-refractivity contribution in [3.63, 3.8) is 0 Å². The van der Waals surface area contributed by atoms with E-state index in [-0.39, 0.29) is 18.4 Å². The molecule has 2 aromatic rings. The summed E-state index contributed by atoms with van der Waals surface area (Å²) in [4.78, 5) is 16.1. The van der Waals surface area contributed by atoms with E-state index in [1.807, 2.05) is 35.7 Å². The Morgan fingerprint density at radius 2 is 2.39 bits per heavy atom. The number of aromatic nitrogens is 2. The number of nitrogens with one attached hydrogen (secondary N) is 1. The smallest absolute Gasteiger partial charge is 0.271 e. The summed E-state index contributed by atoms with van der Waals surface area (Å²) in [6.07, 6.45) is 4.25. The lowest BCUT2D eigenvalue weighted by atomic mass is 10.1. The quantitative estimate of drug-likeness (QED) is 0.831. The van der Waals surface area contributed by atoms with Gasteiger partial charge in [0.2, 0.25) is 0 Å². The van der Waals surface area contributed by atoms with Crippen LogP contribution in [0, 0.1) is 5.92 Å². The van der Waals surface area contributed by atoms with Crippen molar-refractivity contribution in [3.05, 3.63) is 36.3 Å². The minimum Gasteiger partial charge on any atom is -0.396 e. The fraction of sp³-hybridized carbons (Fsp3) is 0.385. The zero-order valence-electron chi connectivity index (χ0n) is 10.3. The summed E-state index contributed by atoms with van der Waals surface area (Å²) < 4.78 is 1.81. The van der Waals surface area contributed by atoms with Crippen molar-refractivity contribution < 1.29 is 9.90 Å². The largest absolute Gasteiger partial charge is 0.396 e. The summed E-state index contributed by atoms with van der Waals surface area (Å²) in [6, 6.07) is 5.62. The molecule has 0 fully saturated rings. The maximum absolute atomic E-state index is 11.9. The third kappa shape index (κ3) is 2.87. The molecular weight excluding hydrogens is 230 g/mol. The summed E-state index contributed by atoms with van der Waals surface area (Å²) in [5, 5.41) is 11.6. The first-order valence-electron chi connectivity index (χ1n) is 6.03. The second kappa shape index (κ2) is 5.64. The molecule has 0 bridgehead atoms. The lowest BCUT2D eigenvalue weighted by Gasteiger charge is -2.09. The number of nitrogens with zero attached hydrogens (tertiary/aromatic N) is 2. The molecule has 1 amide bonds. The minimum absolute atomic E-state index is 0.144. The monoisotopic (exact) mass is 247 g/mol. The molecule has 1 atom stereocenters.